The fourth-order valence-corrected chi connectivity index (χ4v) is 5.22. The van der Waals surface area contributed by atoms with Gasteiger partial charge in [-0.2, -0.15) is 11.8 Å². The third kappa shape index (κ3) is 3.93. The summed E-state index contributed by atoms with van der Waals surface area (Å²) in [5.41, 5.74) is 0.887. The minimum Gasteiger partial charge on any atom is -0.494 e. The molecule has 0 bridgehead atoms. The summed E-state index contributed by atoms with van der Waals surface area (Å²) in [4.78, 5) is 12.9. The molecule has 3 rings (SSSR count). The van der Waals surface area contributed by atoms with Gasteiger partial charge in [-0.15, -0.1) is 0 Å². The number of carbonyl (C=O) groups excluding carboxylic acids is 1. The molecule has 1 N–H and O–H groups in total. The lowest BCUT2D eigenvalue weighted by atomic mass is 9.89. The van der Waals surface area contributed by atoms with E-state index in [1.165, 1.54) is 11.8 Å². The molecule has 1 aromatic carbocycles. The summed E-state index contributed by atoms with van der Waals surface area (Å²) in [5, 5.41) is 3.19. The molecule has 4 nitrogen and oxygen atoms in total. The second-order valence-corrected chi connectivity index (χ2v) is 9.47. The maximum Gasteiger partial charge on any atom is 0.256 e. The average Bonchev–Trinajstić information content (AvgIpc) is 2.87. The molecule has 1 amide bonds. The van der Waals surface area contributed by atoms with Gasteiger partial charge in [0.05, 0.1) is 12.2 Å². The fraction of sp³-hybridized carbons (Fsp3) is 0.444. The first-order valence-corrected chi connectivity index (χ1v) is 11.9. The molecule has 0 unspecified atom stereocenters. The highest BCUT2D eigenvalue weighted by Crippen LogP contribution is 2.44. The van der Waals surface area contributed by atoms with E-state index < -0.39 is 5.54 Å². The third-order valence-electron chi connectivity index (χ3n) is 4.46. The topological polar surface area (TPSA) is 47.6 Å². The number of benzene rings is 1. The average molecular weight is 474 g/mol. The van der Waals surface area contributed by atoms with E-state index in [1.807, 2.05) is 43.1 Å². The van der Waals surface area contributed by atoms with E-state index in [4.69, 9.17) is 21.7 Å². The van der Waals surface area contributed by atoms with Crippen LogP contribution in [0.5, 0.6) is 5.75 Å². The monoisotopic (exact) mass is 473 g/mol. The molecular weight excluding hydrogens is 454 g/mol. The van der Waals surface area contributed by atoms with Crippen molar-refractivity contribution in [3.8, 4) is 5.75 Å². The van der Waals surface area contributed by atoms with Crippen molar-refractivity contribution in [3.05, 3.63) is 34.0 Å². The van der Waals surface area contributed by atoms with Gasteiger partial charge < -0.3 is 14.8 Å². The second-order valence-electron chi connectivity index (χ2n) is 5.98. The largest absolute Gasteiger partial charge is 0.494 e. The molecule has 0 saturated carbocycles. The minimum absolute atomic E-state index is 0.110. The highest BCUT2D eigenvalue weighted by molar-refractivity contribution is 9.10. The van der Waals surface area contributed by atoms with Crippen molar-refractivity contribution >= 4 is 67.5 Å². The molecule has 1 saturated heterocycles. The number of thioether (sulfide) groups is 2. The van der Waals surface area contributed by atoms with E-state index in [1.54, 1.807) is 0 Å². The molecular formula is C18H20BrNO3S3. The summed E-state index contributed by atoms with van der Waals surface area (Å²) in [6.45, 7) is 2.53. The van der Waals surface area contributed by atoms with Crippen molar-refractivity contribution in [2.45, 2.75) is 25.3 Å². The summed E-state index contributed by atoms with van der Waals surface area (Å²) < 4.78 is 12.8. The Hall–Kier alpha value is -0.700. The Morgan fingerprint density at radius 3 is 2.77 bits per heavy atom. The Morgan fingerprint density at radius 1 is 1.42 bits per heavy atom. The number of halogens is 1. The molecule has 2 heterocycles. The van der Waals surface area contributed by atoms with Crippen LogP contribution in [0.1, 0.15) is 25.3 Å². The maximum atomic E-state index is 12.9. The molecule has 1 fully saturated rings. The van der Waals surface area contributed by atoms with Gasteiger partial charge in [0.1, 0.15) is 17.0 Å². The Balaban J connectivity index is 2.09. The molecule has 2 aliphatic rings. The molecule has 8 heteroatoms. The van der Waals surface area contributed by atoms with Crippen LogP contribution >= 0.6 is 51.7 Å². The van der Waals surface area contributed by atoms with Crippen LogP contribution in [0, 0.1) is 0 Å². The quantitative estimate of drug-likeness (QED) is 0.643. The summed E-state index contributed by atoms with van der Waals surface area (Å²) in [7, 11) is 0. The van der Waals surface area contributed by atoms with E-state index in [0.29, 0.717) is 22.3 Å². The zero-order chi connectivity index (χ0) is 18.7. The van der Waals surface area contributed by atoms with E-state index in [2.05, 4.69) is 21.2 Å². The molecule has 140 valence electrons. The maximum absolute atomic E-state index is 12.9. The Labute approximate surface area is 176 Å². The van der Waals surface area contributed by atoms with Crippen molar-refractivity contribution in [2.24, 2.45) is 0 Å². The predicted molar refractivity (Wildman–Crippen MR) is 117 cm³/mol. The van der Waals surface area contributed by atoms with E-state index >= 15 is 0 Å². The van der Waals surface area contributed by atoms with Gasteiger partial charge in [-0.05, 0) is 67.9 Å². The van der Waals surface area contributed by atoms with Crippen molar-refractivity contribution in [1.82, 2.24) is 5.32 Å². The van der Waals surface area contributed by atoms with Crippen LogP contribution in [0.3, 0.4) is 0 Å². The summed E-state index contributed by atoms with van der Waals surface area (Å²) in [5.74, 6) is 3.27. The van der Waals surface area contributed by atoms with Gasteiger partial charge in [-0.3, -0.25) is 4.79 Å². The van der Waals surface area contributed by atoms with Crippen molar-refractivity contribution in [2.75, 3.05) is 24.4 Å². The lowest BCUT2D eigenvalue weighted by Gasteiger charge is -2.34. The minimum atomic E-state index is -0.463. The summed E-state index contributed by atoms with van der Waals surface area (Å²) in [6, 6.07) is 5.65. The van der Waals surface area contributed by atoms with Crippen LogP contribution in [-0.2, 0) is 9.53 Å². The zero-order valence-corrected chi connectivity index (χ0v) is 18.6. The standard InChI is InChI=1S/C18H20BrNO3S3/c1-3-22-11-4-5-12(13(19)10-11)14-15(23-17(24)25-2)18(20-16(14)21)6-8-26-9-7-18/h4-5,10H,3,6-9H2,1-2H3,(H,20,21). The van der Waals surface area contributed by atoms with Crippen LogP contribution in [0.15, 0.2) is 28.4 Å². The Morgan fingerprint density at radius 2 is 2.15 bits per heavy atom. The van der Waals surface area contributed by atoms with Crippen LogP contribution in [0.2, 0.25) is 0 Å². The molecule has 0 radical (unpaired) electrons. The molecule has 0 atom stereocenters. The summed E-state index contributed by atoms with van der Waals surface area (Å²) in [6.07, 6.45) is 3.56. The first-order valence-electron chi connectivity index (χ1n) is 8.34. The Bertz CT molecular complexity index is 760. The number of ether oxygens (including phenoxy) is 2. The normalized spacial score (nSPS) is 18.8. The number of carbonyl (C=O) groups is 1. The number of thiocarbonyl (C=S) groups is 1. The van der Waals surface area contributed by atoms with Gasteiger partial charge in [-0.1, -0.05) is 27.7 Å². The van der Waals surface area contributed by atoms with Crippen LogP contribution in [-0.4, -0.2) is 40.2 Å². The van der Waals surface area contributed by atoms with E-state index in [0.717, 1.165) is 40.1 Å². The van der Waals surface area contributed by atoms with Gasteiger partial charge in [0.15, 0.2) is 0 Å². The number of rotatable bonds is 4. The fourth-order valence-electron chi connectivity index (χ4n) is 3.22. The molecule has 2 aliphatic heterocycles. The van der Waals surface area contributed by atoms with Crippen LogP contribution in [0.25, 0.3) is 5.57 Å². The highest BCUT2D eigenvalue weighted by atomic mass is 79.9. The highest BCUT2D eigenvalue weighted by Gasteiger charge is 2.48. The molecule has 0 aromatic heterocycles. The van der Waals surface area contributed by atoms with E-state index in [9.17, 15) is 4.79 Å². The number of hydrogen-bond acceptors (Lipinski definition) is 6. The smallest absolute Gasteiger partial charge is 0.256 e. The molecule has 1 spiro atoms. The van der Waals surface area contributed by atoms with Crippen molar-refractivity contribution in [3.63, 3.8) is 0 Å². The number of hydrogen-bond donors (Lipinski definition) is 1. The van der Waals surface area contributed by atoms with Crippen LogP contribution < -0.4 is 10.1 Å². The van der Waals surface area contributed by atoms with Gasteiger partial charge >= 0.3 is 0 Å². The molecule has 0 aliphatic carbocycles. The molecule has 26 heavy (non-hydrogen) atoms. The first kappa shape index (κ1) is 20.0. The van der Waals surface area contributed by atoms with Gasteiger partial charge in [-0.25, -0.2) is 0 Å². The first-order chi connectivity index (χ1) is 12.5. The lowest BCUT2D eigenvalue weighted by molar-refractivity contribution is -0.116. The van der Waals surface area contributed by atoms with Gasteiger partial charge in [0.25, 0.3) is 5.91 Å². The van der Waals surface area contributed by atoms with Crippen molar-refractivity contribution in [1.29, 1.82) is 0 Å². The van der Waals surface area contributed by atoms with Crippen LogP contribution in [0.4, 0.5) is 0 Å². The summed E-state index contributed by atoms with van der Waals surface area (Å²) >= 11 is 12.2. The van der Waals surface area contributed by atoms with Gasteiger partial charge in [0, 0.05) is 10.0 Å². The van der Waals surface area contributed by atoms with E-state index in [-0.39, 0.29) is 5.91 Å². The van der Waals surface area contributed by atoms with Gasteiger partial charge in [0.2, 0.25) is 4.38 Å². The SMILES string of the molecule is CCOc1ccc(C2=C(OC(=S)SC)C3(CCSCC3)NC2=O)c(Br)c1. The second kappa shape index (κ2) is 8.54. The van der Waals surface area contributed by atoms with Crippen molar-refractivity contribution < 1.29 is 14.3 Å². The third-order valence-corrected chi connectivity index (χ3v) is 7.10. The molecule has 1 aromatic rings. The predicted octanol–water partition coefficient (Wildman–Crippen LogP) is 4.62. The number of nitrogens with one attached hydrogen (secondary N) is 1. The number of amides is 1. The lowest BCUT2D eigenvalue weighted by Crippen LogP contribution is -2.48. The Kier molecular flexibility index (Phi) is 6.59. The zero-order valence-electron chi connectivity index (χ0n) is 14.6.